The molecule has 2 heterocycles. The summed E-state index contributed by atoms with van der Waals surface area (Å²) < 4.78 is 1.98. The number of amides is 1. The molecule has 0 fully saturated rings. The van der Waals surface area contributed by atoms with E-state index in [1.165, 1.54) is 23.1 Å². The number of carbonyl (C=O) groups is 1. The molecule has 4 rings (SSSR count). The lowest BCUT2D eigenvalue weighted by atomic mass is 10.2. The zero-order chi connectivity index (χ0) is 20.2. The number of hydrogen-bond donors (Lipinski definition) is 1. The molecular weight excluding hydrogens is 402 g/mol. The van der Waals surface area contributed by atoms with Crippen LogP contribution in [0.5, 0.6) is 0 Å². The molecule has 0 aliphatic carbocycles. The number of nitrogens with one attached hydrogen (secondary N) is 1. The standard InChI is InChI=1S/C21H19N5OS2/c1-14-13-28-20(22-14)23-19(27)15(2)29-21-25-24-18(16-9-5-3-6-10-16)26(21)17-11-7-4-8-12-17/h3-13,15H,1-2H3,(H,22,23,27). The Morgan fingerprint density at radius 2 is 1.76 bits per heavy atom. The lowest BCUT2D eigenvalue weighted by molar-refractivity contribution is -0.115. The minimum Gasteiger partial charge on any atom is -0.301 e. The summed E-state index contributed by atoms with van der Waals surface area (Å²) in [5.41, 5.74) is 2.80. The molecule has 0 bridgehead atoms. The Morgan fingerprint density at radius 1 is 1.07 bits per heavy atom. The van der Waals surface area contributed by atoms with Crippen LogP contribution in [-0.2, 0) is 4.79 Å². The second kappa shape index (κ2) is 8.59. The van der Waals surface area contributed by atoms with Gasteiger partial charge in [0, 0.05) is 16.6 Å². The molecule has 0 saturated carbocycles. The number of thiazole rings is 1. The number of carbonyl (C=O) groups excluding carboxylic acids is 1. The van der Waals surface area contributed by atoms with Crippen molar-refractivity contribution >= 4 is 34.1 Å². The first-order valence-corrected chi connectivity index (χ1v) is 10.8. The highest BCUT2D eigenvalue weighted by atomic mass is 32.2. The van der Waals surface area contributed by atoms with Gasteiger partial charge in [-0.25, -0.2) is 4.98 Å². The van der Waals surface area contributed by atoms with Crippen LogP contribution in [0.2, 0.25) is 0 Å². The Kier molecular flexibility index (Phi) is 5.73. The molecule has 29 heavy (non-hydrogen) atoms. The van der Waals surface area contributed by atoms with Crippen LogP contribution in [0.1, 0.15) is 12.6 Å². The van der Waals surface area contributed by atoms with Crippen molar-refractivity contribution in [3.8, 4) is 17.1 Å². The Labute approximate surface area is 177 Å². The summed E-state index contributed by atoms with van der Waals surface area (Å²) >= 11 is 2.79. The van der Waals surface area contributed by atoms with Crippen molar-refractivity contribution in [2.24, 2.45) is 0 Å². The number of hydrogen-bond acceptors (Lipinski definition) is 6. The second-order valence-electron chi connectivity index (χ2n) is 6.39. The van der Waals surface area contributed by atoms with Crippen LogP contribution in [0.15, 0.2) is 71.2 Å². The number of para-hydroxylation sites is 1. The van der Waals surface area contributed by atoms with Gasteiger partial charge >= 0.3 is 0 Å². The Balaban J connectivity index is 1.63. The van der Waals surface area contributed by atoms with Gasteiger partial charge < -0.3 is 5.32 Å². The lowest BCUT2D eigenvalue weighted by Crippen LogP contribution is -2.22. The Bertz CT molecular complexity index is 1110. The fraction of sp³-hybridized carbons (Fsp3) is 0.143. The summed E-state index contributed by atoms with van der Waals surface area (Å²) in [5, 5.41) is 14.5. The van der Waals surface area contributed by atoms with Gasteiger partial charge in [0.2, 0.25) is 5.91 Å². The summed E-state index contributed by atoms with van der Waals surface area (Å²) in [6.07, 6.45) is 0. The van der Waals surface area contributed by atoms with E-state index in [9.17, 15) is 4.79 Å². The van der Waals surface area contributed by atoms with Crippen LogP contribution < -0.4 is 5.32 Å². The van der Waals surface area contributed by atoms with Gasteiger partial charge in [-0.15, -0.1) is 21.5 Å². The Hall–Kier alpha value is -2.97. The van der Waals surface area contributed by atoms with Gasteiger partial charge in [0.05, 0.1) is 10.9 Å². The van der Waals surface area contributed by atoms with Crippen molar-refractivity contribution in [1.82, 2.24) is 19.7 Å². The smallest absolute Gasteiger partial charge is 0.239 e. The molecule has 0 aliphatic rings. The van der Waals surface area contributed by atoms with Gasteiger partial charge in [-0.05, 0) is 26.0 Å². The van der Waals surface area contributed by atoms with E-state index < -0.39 is 0 Å². The van der Waals surface area contributed by atoms with Crippen molar-refractivity contribution in [2.75, 3.05) is 5.32 Å². The van der Waals surface area contributed by atoms with Crippen LogP contribution in [0, 0.1) is 6.92 Å². The topological polar surface area (TPSA) is 72.7 Å². The molecule has 1 N–H and O–H groups in total. The van der Waals surface area contributed by atoms with Crippen LogP contribution >= 0.6 is 23.1 Å². The third-order valence-corrected chi connectivity index (χ3v) is 6.10. The van der Waals surface area contributed by atoms with E-state index >= 15 is 0 Å². The maximum atomic E-state index is 12.6. The first-order valence-electron chi connectivity index (χ1n) is 9.08. The van der Waals surface area contributed by atoms with E-state index in [0.29, 0.717) is 10.3 Å². The van der Waals surface area contributed by atoms with Gasteiger partial charge in [-0.2, -0.15) is 0 Å². The van der Waals surface area contributed by atoms with Gasteiger partial charge in [-0.3, -0.25) is 9.36 Å². The summed E-state index contributed by atoms with van der Waals surface area (Å²) in [5.74, 6) is 0.621. The third-order valence-electron chi connectivity index (χ3n) is 4.18. The van der Waals surface area contributed by atoms with Gasteiger partial charge in [0.25, 0.3) is 0 Å². The molecule has 4 aromatic rings. The number of aromatic nitrogens is 4. The maximum Gasteiger partial charge on any atom is 0.239 e. The minimum absolute atomic E-state index is 0.117. The molecule has 8 heteroatoms. The molecule has 2 aromatic carbocycles. The number of thioether (sulfide) groups is 1. The van der Waals surface area contributed by atoms with Crippen molar-refractivity contribution in [3.63, 3.8) is 0 Å². The number of rotatable bonds is 6. The normalized spacial score (nSPS) is 11.9. The lowest BCUT2D eigenvalue weighted by Gasteiger charge is -2.13. The van der Waals surface area contributed by atoms with E-state index in [1.54, 1.807) is 0 Å². The molecule has 6 nitrogen and oxygen atoms in total. The molecule has 146 valence electrons. The third kappa shape index (κ3) is 4.38. The predicted octanol–water partition coefficient (Wildman–Crippen LogP) is 4.82. The zero-order valence-electron chi connectivity index (χ0n) is 15.9. The quantitative estimate of drug-likeness (QED) is 0.452. The zero-order valence-corrected chi connectivity index (χ0v) is 17.6. The highest BCUT2D eigenvalue weighted by molar-refractivity contribution is 8.00. The monoisotopic (exact) mass is 421 g/mol. The first kappa shape index (κ1) is 19.4. The SMILES string of the molecule is Cc1csc(NC(=O)C(C)Sc2nnc(-c3ccccc3)n2-c2ccccc2)n1. The van der Waals surface area contributed by atoms with Crippen LogP contribution in [0.3, 0.4) is 0 Å². The van der Waals surface area contributed by atoms with Crippen LogP contribution in [0.4, 0.5) is 5.13 Å². The van der Waals surface area contributed by atoms with E-state index in [0.717, 1.165) is 22.8 Å². The molecule has 0 spiro atoms. The molecule has 2 aromatic heterocycles. The van der Waals surface area contributed by atoms with E-state index in [4.69, 9.17) is 0 Å². The number of anilines is 1. The van der Waals surface area contributed by atoms with Gasteiger partial charge in [0.1, 0.15) is 0 Å². The predicted molar refractivity (Wildman–Crippen MR) is 118 cm³/mol. The van der Waals surface area contributed by atoms with Gasteiger partial charge in [0.15, 0.2) is 16.1 Å². The van der Waals surface area contributed by atoms with E-state index in [2.05, 4.69) is 20.5 Å². The van der Waals surface area contributed by atoms with E-state index in [-0.39, 0.29) is 11.2 Å². The van der Waals surface area contributed by atoms with Crippen LogP contribution in [0.25, 0.3) is 17.1 Å². The van der Waals surface area contributed by atoms with Crippen molar-refractivity contribution in [1.29, 1.82) is 0 Å². The average Bonchev–Trinajstić information content (AvgIpc) is 3.35. The largest absolute Gasteiger partial charge is 0.301 e. The minimum atomic E-state index is -0.366. The van der Waals surface area contributed by atoms with Crippen molar-refractivity contribution in [3.05, 3.63) is 71.7 Å². The molecule has 0 saturated heterocycles. The molecule has 0 aliphatic heterocycles. The molecule has 1 atom stereocenters. The van der Waals surface area contributed by atoms with Crippen molar-refractivity contribution < 1.29 is 4.79 Å². The number of aryl methyl sites for hydroxylation is 1. The van der Waals surface area contributed by atoms with Crippen molar-refractivity contribution in [2.45, 2.75) is 24.3 Å². The maximum absolute atomic E-state index is 12.6. The summed E-state index contributed by atoms with van der Waals surface area (Å²) in [7, 11) is 0. The molecule has 1 amide bonds. The van der Waals surface area contributed by atoms with E-state index in [1.807, 2.05) is 84.5 Å². The highest BCUT2D eigenvalue weighted by Gasteiger charge is 2.22. The van der Waals surface area contributed by atoms with Crippen LogP contribution in [-0.4, -0.2) is 30.9 Å². The fourth-order valence-corrected chi connectivity index (χ4v) is 4.32. The number of benzene rings is 2. The highest BCUT2D eigenvalue weighted by Crippen LogP contribution is 2.30. The number of nitrogens with zero attached hydrogens (tertiary/aromatic N) is 4. The summed E-state index contributed by atoms with van der Waals surface area (Å²) in [6, 6.07) is 19.8. The average molecular weight is 422 g/mol. The molecule has 1 unspecified atom stereocenters. The first-order chi connectivity index (χ1) is 14.1. The fourth-order valence-electron chi connectivity index (χ4n) is 2.76. The molecular formula is C21H19N5OS2. The Morgan fingerprint density at radius 3 is 2.41 bits per heavy atom. The summed E-state index contributed by atoms with van der Waals surface area (Å²) in [4.78, 5) is 16.9. The summed E-state index contributed by atoms with van der Waals surface area (Å²) in [6.45, 7) is 3.75. The second-order valence-corrected chi connectivity index (χ2v) is 8.55. The van der Waals surface area contributed by atoms with Gasteiger partial charge in [-0.1, -0.05) is 60.3 Å². The molecule has 0 radical (unpaired) electrons.